The molecule has 2 aromatic carbocycles. The Morgan fingerprint density at radius 2 is 1.96 bits per heavy atom. The number of aromatic nitrogens is 2. The number of H-pyrrole nitrogens is 1. The maximum Gasteiger partial charge on any atom is 0.241 e. The van der Waals surface area contributed by atoms with E-state index in [9.17, 15) is 22.4 Å². The molecule has 1 saturated heterocycles. The number of alkyl halides is 2. The number of halogens is 4. The van der Waals surface area contributed by atoms with Crippen LogP contribution in [-0.4, -0.2) is 28.9 Å². The number of anilines is 1. The van der Waals surface area contributed by atoms with Crippen LogP contribution in [0.3, 0.4) is 0 Å². The number of benzene rings is 2. The molecule has 1 amide bonds. The summed E-state index contributed by atoms with van der Waals surface area (Å²) in [4.78, 5) is 20.5. The summed E-state index contributed by atoms with van der Waals surface area (Å²) in [6, 6.07) is 6.14. The highest BCUT2D eigenvalue weighted by Gasteiger charge is 2.41. The zero-order valence-corrected chi connectivity index (χ0v) is 14.5. The monoisotopic (exact) mass is 393 g/mol. The Kier molecular flexibility index (Phi) is 4.66. The van der Waals surface area contributed by atoms with Crippen LogP contribution < -0.4 is 9.64 Å². The normalized spacial score (nSPS) is 16.7. The van der Waals surface area contributed by atoms with Crippen molar-refractivity contribution in [2.45, 2.75) is 25.3 Å². The summed E-state index contributed by atoms with van der Waals surface area (Å²) in [6.07, 6.45) is -1.63. The van der Waals surface area contributed by atoms with Crippen molar-refractivity contribution in [3.63, 3.8) is 0 Å². The number of fused-ring (bicyclic) bond motifs is 1. The summed E-state index contributed by atoms with van der Waals surface area (Å²) in [6.45, 7) is -0.353. The van der Waals surface area contributed by atoms with E-state index in [4.69, 9.17) is 4.74 Å². The molecule has 4 rings (SSSR count). The predicted molar refractivity (Wildman–Crippen MR) is 93.4 cm³/mol. The van der Waals surface area contributed by atoms with E-state index in [0.717, 1.165) is 12.1 Å². The van der Waals surface area contributed by atoms with Crippen LogP contribution in [0.5, 0.6) is 5.75 Å². The summed E-state index contributed by atoms with van der Waals surface area (Å²) in [5.41, 5.74) is 1.63. The van der Waals surface area contributed by atoms with Crippen LogP contribution in [0.2, 0.25) is 0 Å². The number of imidazole rings is 1. The average Bonchev–Trinajstić information content (AvgIpc) is 3.08. The van der Waals surface area contributed by atoms with E-state index in [1.165, 1.54) is 11.2 Å². The molecule has 9 heteroatoms. The number of hydrogen-bond acceptors (Lipinski definition) is 3. The minimum absolute atomic E-state index is 0.0412. The molecule has 1 atom stereocenters. The van der Waals surface area contributed by atoms with E-state index in [0.29, 0.717) is 16.7 Å². The second kappa shape index (κ2) is 7.14. The zero-order valence-electron chi connectivity index (χ0n) is 14.5. The van der Waals surface area contributed by atoms with Crippen LogP contribution in [0.1, 0.15) is 24.4 Å². The van der Waals surface area contributed by atoms with E-state index < -0.39 is 30.5 Å². The van der Waals surface area contributed by atoms with E-state index in [2.05, 4.69) is 9.97 Å². The van der Waals surface area contributed by atoms with Gasteiger partial charge in [-0.1, -0.05) is 0 Å². The number of carbonyl (C=O) groups excluding carboxylic acids is 1. The Labute approximate surface area is 156 Å². The Balaban J connectivity index is 1.60. The molecule has 28 heavy (non-hydrogen) atoms. The first-order valence-corrected chi connectivity index (χ1v) is 8.59. The van der Waals surface area contributed by atoms with Crippen molar-refractivity contribution in [1.82, 2.24) is 9.97 Å². The number of ether oxygens (including phenoxy) is 1. The molecule has 1 aliphatic heterocycles. The van der Waals surface area contributed by atoms with Gasteiger partial charge in [0.05, 0.1) is 36.4 Å². The van der Waals surface area contributed by atoms with Crippen LogP contribution >= 0.6 is 0 Å². The minimum atomic E-state index is -2.56. The van der Waals surface area contributed by atoms with Gasteiger partial charge in [0.15, 0.2) is 0 Å². The van der Waals surface area contributed by atoms with Crippen molar-refractivity contribution in [1.29, 1.82) is 0 Å². The summed E-state index contributed by atoms with van der Waals surface area (Å²) in [7, 11) is 0. The van der Waals surface area contributed by atoms with Gasteiger partial charge in [0, 0.05) is 29.8 Å². The Morgan fingerprint density at radius 1 is 1.21 bits per heavy atom. The van der Waals surface area contributed by atoms with Gasteiger partial charge in [-0.05, 0) is 18.2 Å². The summed E-state index contributed by atoms with van der Waals surface area (Å²) >= 11 is 0. The van der Waals surface area contributed by atoms with Crippen molar-refractivity contribution in [2.24, 2.45) is 0 Å². The molecule has 1 unspecified atom stereocenters. The fourth-order valence-corrected chi connectivity index (χ4v) is 3.27. The molecular weight excluding hydrogens is 378 g/mol. The highest BCUT2D eigenvalue weighted by Crippen LogP contribution is 2.42. The van der Waals surface area contributed by atoms with E-state index >= 15 is 0 Å². The van der Waals surface area contributed by atoms with E-state index in [-0.39, 0.29) is 30.2 Å². The van der Waals surface area contributed by atoms with Gasteiger partial charge in [-0.3, -0.25) is 4.79 Å². The molecule has 1 aromatic heterocycles. The zero-order chi connectivity index (χ0) is 19.8. The van der Waals surface area contributed by atoms with Crippen molar-refractivity contribution in [3.05, 3.63) is 53.9 Å². The number of aromatic amines is 1. The molecule has 5 nitrogen and oxygen atoms in total. The first kappa shape index (κ1) is 18.3. The summed E-state index contributed by atoms with van der Waals surface area (Å²) in [5, 5.41) is 0. The lowest BCUT2D eigenvalue weighted by Crippen LogP contribution is -2.47. The van der Waals surface area contributed by atoms with Crippen molar-refractivity contribution in [3.8, 4) is 5.75 Å². The predicted octanol–water partition coefficient (Wildman–Crippen LogP) is 4.35. The molecule has 146 valence electrons. The summed E-state index contributed by atoms with van der Waals surface area (Å²) < 4.78 is 58.4. The highest BCUT2D eigenvalue weighted by atomic mass is 19.3. The SMILES string of the molecule is O=C1CC(c2c(F)cc(OCCC(F)F)cc2F)N1c1ccc2nc[nH]c2c1. The third kappa shape index (κ3) is 3.28. The second-order valence-corrected chi connectivity index (χ2v) is 6.42. The molecule has 0 saturated carbocycles. The first-order valence-electron chi connectivity index (χ1n) is 8.59. The van der Waals surface area contributed by atoms with Gasteiger partial charge < -0.3 is 14.6 Å². The topological polar surface area (TPSA) is 58.2 Å². The smallest absolute Gasteiger partial charge is 0.241 e. The van der Waals surface area contributed by atoms with Crippen LogP contribution in [-0.2, 0) is 4.79 Å². The second-order valence-electron chi connectivity index (χ2n) is 6.42. The van der Waals surface area contributed by atoms with Gasteiger partial charge in [0.2, 0.25) is 12.3 Å². The maximum absolute atomic E-state index is 14.6. The van der Waals surface area contributed by atoms with Crippen molar-refractivity contribution < 1.29 is 27.1 Å². The maximum atomic E-state index is 14.6. The molecule has 0 bridgehead atoms. The third-order valence-electron chi connectivity index (χ3n) is 4.62. The number of amides is 1. The molecule has 0 aliphatic carbocycles. The van der Waals surface area contributed by atoms with Crippen LogP contribution in [0, 0.1) is 11.6 Å². The van der Waals surface area contributed by atoms with E-state index in [1.54, 1.807) is 18.2 Å². The molecular formula is C19H15F4N3O2. The Morgan fingerprint density at radius 3 is 2.64 bits per heavy atom. The number of carbonyl (C=O) groups is 1. The van der Waals surface area contributed by atoms with Gasteiger partial charge in [0.25, 0.3) is 0 Å². The Hall–Kier alpha value is -3.10. The number of hydrogen-bond donors (Lipinski definition) is 1. The highest BCUT2D eigenvalue weighted by molar-refractivity contribution is 6.02. The quantitative estimate of drug-likeness (QED) is 0.500. The third-order valence-corrected chi connectivity index (χ3v) is 4.62. The van der Waals surface area contributed by atoms with Gasteiger partial charge in [0.1, 0.15) is 17.4 Å². The van der Waals surface area contributed by atoms with Gasteiger partial charge in [-0.25, -0.2) is 22.5 Å². The average molecular weight is 393 g/mol. The molecule has 0 radical (unpaired) electrons. The van der Waals surface area contributed by atoms with Gasteiger partial charge >= 0.3 is 0 Å². The molecule has 1 fully saturated rings. The first-order chi connectivity index (χ1) is 13.4. The molecule has 1 aliphatic rings. The molecule has 2 heterocycles. The van der Waals surface area contributed by atoms with Crippen LogP contribution in [0.15, 0.2) is 36.7 Å². The number of β-lactam (4-membered cyclic amide) rings is 1. The number of nitrogens with one attached hydrogen (secondary N) is 1. The summed E-state index contributed by atoms with van der Waals surface area (Å²) in [5.74, 6) is -2.22. The largest absolute Gasteiger partial charge is 0.493 e. The Bertz CT molecular complexity index is 1010. The fourth-order valence-electron chi connectivity index (χ4n) is 3.27. The lowest BCUT2D eigenvalue weighted by atomic mass is 9.92. The van der Waals surface area contributed by atoms with Crippen molar-refractivity contribution >= 4 is 22.6 Å². The minimum Gasteiger partial charge on any atom is -0.493 e. The number of nitrogens with zero attached hydrogens (tertiary/aromatic N) is 2. The standard InChI is InChI=1S/C19H15F4N3O2/c20-12-6-11(28-4-3-17(22)23)7-13(21)19(12)16-8-18(27)26(16)10-1-2-14-15(5-10)25-9-24-14/h1-2,5-7,9,16-17H,3-4,8H2,(H,24,25). The lowest BCUT2D eigenvalue weighted by molar-refractivity contribution is -0.124. The van der Waals surface area contributed by atoms with Crippen molar-refractivity contribution in [2.75, 3.05) is 11.5 Å². The van der Waals surface area contributed by atoms with Crippen LogP contribution in [0.25, 0.3) is 11.0 Å². The van der Waals surface area contributed by atoms with E-state index in [1.807, 2.05) is 0 Å². The number of rotatable bonds is 6. The fraction of sp³-hybridized carbons (Fsp3) is 0.263. The van der Waals surface area contributed by atoms with Crippen LogP contribution in [0.4, 0.5) is 23.2 Å². The molecule has 1 N–H and O–H groups in total. The van der Waals surface area contributed by atoms with Gasteiger partial charge in [-0.2, -0.15) is 0 Å². The molecule has 0 spiro atoms. The lowest BCUT2D eigenvalue weighted by Gasteiger charge is -2.41. The van der Waals surface area contributed by atoms with Gasteiger partial charge in [-0.15, -0.1) is 0 Å². The molecule has 3 aromatic rings.